The molecular weight excluding hydrogens is 803 g/mol. The molecule has 2 aromatic carbocycles. The number of aromatic hydroxyl groups is 2. The van der Waals surface area contributed by atoms with E-state index in [1.165, 1.54) is 95.9 Å². The molecule has 2 aromatic rings. The van der Waals surface area contributed by atoms with E-state index >= 15 is 0 Å². The number of carbonyl (C=O) groups is 5. The van der Waals surface area contributed by atoms with Gasteiger partial charge < -0.3 is 49.8 Å². The molecule has 15 nitrogen and oxygen atoms in total. The molecule has 0 saturated carbocycles. The fourth-order valence-electron chi connectivity index (χ4n) is 8.78. The Hall–Kier alpha value is -4.41. The number of ether oxygens (including phenoxy) is 5. The van der Waals surface area contributed by atoms with Gasteiger partial charge >= 0.3 is 11.9 Å². The number of carbonyl (C=O) groups excluding carboxylic acids is 5. The number of nitrogens with two attached hydrogens (primary N) is 1. The number of phenols is 2. The Bertz CT molecular complexity index is 1900. The van der Waals surface area contributed by atoms with Gasteiger partial charge in [-0.05, 0) is 19.4 Å². The first kappa shape index (κ1) is 48.6. The summed E-state index contributed by atoms with van der Waals surface area (Å²) < 4.78 is 27.5. The van der Waals surface area contributed by atoms with E-state index < -0.39 is 114 Å². The van der Waals surface area contributed by atoms with Crippen molar-refractivity contribution < 1.29 is 68.1 Å². The molecule has 1 aliphatic heterocycles. The number of methoxy groups -OCH3 is 1. The van der Waals surface area contributed by atoms with Crippen molar-refractivity contribution in [3.63, 3.8) is 0 Å². The molecule has 6 atom stereocenters. The summed E-state index contributed by atoms with van der Waals surface area (Å²) in [5.74, 6) is -5.66. The lowest BCUT2D eigenvalue weighted by Crippen LogP contribution is -2.53. The van der Waals surface area contributed by atoms with Gasteiger partial charge in [-0.25, -0.2) is 4.79 Å². The van der Waals surface area contributed by atoms with Gasteiger partial charge in [0, 0.05) is 48.4 Å². The zero-order chi connectivity index (χ0) is 45.0. The van der Waals surface area contributed by atoms with Gasteiger partial charge in [0.25, 0.3) is 0 Å². The number of hydrogen-bond donors (Lipinski definition) is 5. The van der Waals surface area contributed by atoms with Crippen molar-refractivity contribution in [3.8, 4) is 17.2 Å². The van der Waals surface area contributed by atoms with E-state index in [2.05, 4.69) is 6.92 Å². The summed E-state index contributed by atoms with van der Waals surface area (Å²) in [7, 11) is 1.31. The molecule has 5 rings (SSSR count). The number of hydrogen-bond acceptors (Lipinski definition) is 15. The Balaban J connectivity index is 1.16. The number of esters is 2. The predicted molar refractivity (Wildman–Crippen MR) is 226 cm³/mol. The summed E-state index contributed by atoms with van der Waals surface area (Å²) in [5.41, 5.74) is 2.02. The zero-order valence-electron chi connectivity index (χ0n) is 36.4. The Labute approximate surface area is 363 Å². The lowest BCUT2D eigenvalue weighted by molar-refractivity contribution is -0.247. The van der Waals surface area contributed by atoms with Gasteiger partial charge in [-0.15, -0.1) is 0 Å². The second-order valence-corrected chi connectivity index (χ2v) is 17.0. The first-order chi connectivity index (χ1) is 29.7. The number of aliphatic hydroxyl groups is 2. The number of Topliss-reactive ketones (excluding diaryl/α,β-unsaturated/α-hetero) is 1. The van der Waals surface area contributed by atoms with Crippen LogP contribution < -0.4 is 10.5 Å². The summed E-state index contributed by atoms with van der Waals surface area (Å²) in [6.45, 7) is 2.10. The largest absolute Gasteiger partial charge is 0.507 e. The maximum Gasteiger partial charge on any atom is 0.344 e. The molecule has 1 fully saturated rings. The number of ketones is 3. The number of unbranched alkanes of at least 4 members (excludes halogenated alkanes) is 14. The van der Waals surface area contributed by atoms with Crippen LogP contribution in [0.15, 0.2) is 18.2 Å². The molecule has 342 valence electrons. The molecule has 4 unspecified atom stereocenters. The van der Waals surface area contributed by atoms with Crippen LogP contribution in [0, 0.1) is 0 Å². The molecule has 3 aliphatic rings. The Kier molecular flexibility index (Phi) is 17.9. The van der Waals surface area contributed by atoms with Crippen LogP contribution in [0.25, 0.3) is 0 Å². The minimum atomic E-state index is -2.41. The fraction of sp³-hybridized carbons (Fsp3) is 0.638. The van der Waals surface area contributed by atoms with Crippen LogP contribution in [-0.2, 0) is 39.8 Å². The summed E-state index contributed by atoms with van der Waals surface area (Å²) >= 11 is 0. The Morgan fingerprint density at radius 2 is 1.39 bits per heavy atom. The topological polar surface area (TPSA) is 238 Å². The molecule has 1 saturated heterocycles. The summed E-state index contributed by atoms with van der Waals surface area (Å²) in [4.78, 5) is 66.4. The highest BCUT2D eigenvalue weighted by molar-refractivity contribution is 6.31. The third kappa shape index (κ3) is 11.8. The highest BCUT2D eigenvalue weighted by Gasteiger charge is 2.50. The molecule has 0 amide bonds. The van der Waals surface area contributed by atoms with E-state index in [0.29, 0.717) is 6.42 Å². The number of phenolic OH excluding ortho intramolecular Hbond substituents is 2. The molecule has 1 heterocycles. The lowest BCUT2D eigenvalue weighted by Gasteiger charge is -2.42. The third-order valence-electron chi connectivity index (χ3n) is 12.4. The van der Waals surface area contributed by atoms with Crippen molar-refractivity contribution >= 4 is 29.3 Å². The molecule has 6 N–H and O–H groups in total. The molecule has 0 aromatic heterocycles. The minimum Gasteiger partial charge on any atom is -0.507 e. The first-order valence-electron chi connectivity index (χ1n) is 22.4. The smallest absolute Gasteiger partial charge is 0.344 e. The van der Waals surface area contributed by atoms with Crippen LogP contribution in [-0.4, -0.2) is 100 Å². The Morgan fingerprint density at radius 1 is 0.806 bits per heavy atom. The number of rotatable bonds is 24. The van der Waals surface area contributed by atoms with Crippen LogP contribution in [0.1, 0.15) is 178 Å². The lowest BCUT2D eigenvalue weighted by atomic mass is 9.72. The van der Waals surface area contributed by atoms with Gasteiger partial charge in [-0.3, -0.25) is 19.2 Å². The van der Waals surface area contributed by atoms with Crippen LogP contribution >= 0.6 is 0 Å². The van der Waals surface area contributed by atoms with Crippen molar-refractivity contribution in [3.05, 3.63) is 51.6 Å². The van der Waals surface area contributed by atoms with Gasteiger partial charge in [-0.1, -0.05) is 109 Å². The second kappa shape index (κ2) is 22.8. The van der Waals surface area contributed by atoms with Crippen molar-refractivity contribution in [1.82, 2.24) is 0 Å². The summed E-state index contributed by atoms with van der Waals surface area (Å²) in [6, 6.07) is 3.54. The molecule has 0 spiro atoms. The predicted octanol–water partition coefficient (Wildman–Crippen LogP) is 6.36. The zero-order valence-corrected chi connectivity index (χ0v) is 36.4. The fourth-order valence-corrected chi connectivity index (χ4v) is 8.78. The van der Waals surface area contributed by atoms with E-state index in [9.17, 15) is 44.4 Å². The average molecular weight is 868 g/mol. The number of fused-ring (bicyclic) bond motifs is 3. The SMILES string of the molecule is CCCCCCCCCCCCCCCCCC(=O)OCC(=O)OCC(=O)[C@]1(O)Cc2c(O)c3c(c(O)c2[C@@H](OC2CC(N)C(O)C(C)O2)C1)C(=O)c1c(OC)cccc1C3=O. The maximum absolute atomic E-state index is 14.0. The van der Waals surface area contributed by atoms with E-state index in [1.54, 1.807) is 6.92 Å². The summed E-state index contributed by atoms with van der Waals surface area (Å²) in [5, 5.41) is 45.8. The number of aliphatic hydroxyl groups excluding tert-OH is 1. The van der Waals surface area contributed by atoms with Crippen LogP contribution in [0.5, 0.6) is 17.2 Å². The monoisotopic (exact) mass is 867 g/mol. The van der Waals surface area contributed by atoms with Gasteiger partial charge in [0.2, 0.25) is 11.6 Å². The summed E-state index contributed by atoms with van der Waals surface area (Å²) in [6.07, 6.45) is 12.2. The maximum atomic E-state index is 14.0. The van der Waals surface area contributed by atoms with Crippen LogP contribution in [0.2, 0.25) is 0 Å². The minimum absolute atomic E-state index is 0.0425. The van der Waals surface area contributed by atoms with Crippen molar-refractivity contribution in [2.24, 2.45) is 5.73 Å². The highest BCUT2D eigenvalue weighted by atomic mass is 16.7. The van der Waals surface area contributed by atoms with Gasteiger partial charge in [-0.2, -0.15) is 0 Å². The van der Waals surface area contributed by atoms with E-state index in [4.69, 9.17) is 29.4 Å². The van der Waals surface area contributed by atoms with Crippen LogP contribution in [0.3, 0.4) is 0 Å². The van der Waals surface area contributed by atoms with Crippen molar-refractivity contribution in [2.75, 3.05) is 20.3 Å². The molecule has 2 aliphatic carbocycles. The van der Waals surface area contributed by atoms with Gasteiger partial charge in [0.15, 0.2) is 25.3 Å². The molecule has 0 bridgehead atoms. The average Bonchev–Trinajstić information content (AvgIpc) is 3.25. The second-order valence-electron chi connectivity index (χ2n) is 17.0. The van der Waals surface area contributed by atoms with Gasteiger partial charge in [0.1, 0.15) is 22.8 Å². The van der Waals surface area contributed by atoms with E-state index in [0.717, 1.165) is 19.3 Å². The number of benzene rings is 2. The molecule has 62 heavy (non-hydrogen) atoms. The molecule has 0 radical (unpaired) electrons. The quantitative estimate of drug-likeness (QED) is 0.0374. The van der Waals surface area contributed by atoms with Crippen molar-refractivity contribution in [1.29, 1.82) is 0 Å². The normalized spacial score (nSPS) is 23.0. The highest BCUT2D eigenvalue weighted by Crippen LogP contribution is 2.52. The van der Waals surface area contributed by atoms with Crippen molar-refractivity contribution in [2.45, 2.75) is 172 Å². The van der Waals surface area contributed by atoms with E-state index in [1.807, 2.05) is 0 Å². The third-order valence-corrected chi connectivity index (χ3v) is 12.4. The standard InChI is InChI=1S/C47H65NO14/c1-4-5-6-7-8-9-10-11-12-13-14-15-16-17-18-22-35(50)60-27-36(51)59-26-34(49)47(57)24-30-39(33(25-47)62-37-23-31(48)42(52)28(2)61-37)46(56)41-40(44(30)54)43(53)29-20-19-21-32(58-3)38(29)45(41)55/h19-21,28,31,33,37,42,52,54,56-57H,4-18,22-27,48H2,1-3H3/t28?,31?,33-,37?,42?,47-/m0/s1. The molecular formula is C47H65NO14. The first-order valence-corrected chi connectivity index (χ1v) is 22.4. The Morgan fingerprint density at radius 3 is 1.98 bits per heavy atom. The van der Waals surface area contributed by atoms with Crippen LogP contribution in [0.4, 0.5) is 0 Å². The van der Waals surface area contributed by atoms with E-state index in [-0.39, 0.29) is 40.8 Å². The molecule has 15 heteroatoms. The van der Waals surface area contributed by atoms with Gasteiger partial charge in [0.05, 0.1) is 42.1 Å².